The average Bonchev–Trinajstić information content (AvgIpc) is 2.48. The Morgan fingerprint density at radius 2 is 1.59 bits per heavy atom. The third-order valence-electron chi connectivity index (χ3n) is 4.28. The molecule has 0 bridgehead atoms. The van der Waals surface area contributed by atoms with Crippen LogP contribution in [0.4, 0.5) is 0 Å². The molecule has 0 aromatic carbocycles. The second kappa shape index (κ2) is 10.6. The SMILES string of the molecule is CCCC(=O)OC(CCC)C1CCCCC1OC(=O)CCC. The molecule has 0 aliphatic heterocycles. The molecular weight excluding hydrogens is 280 g/mol. The van der Waals surface area contributed by atoms with E-state index in [4.69, 9.17) is 9.47 Å². The maximum atomic E-state index is 11.9. The minimum Gasteiger partial charge on any atom is -0.462 e. The lowest BCUT2D eigenvalue weighted by atomic mass is 9.81. The lowest BCUT2D eigenvalue weighted by molar-refractivity contribution is -0.165. The first-order chi connectivity index (χ1) is 10.6. The summed E-state index contributed by atoms with van der Waals surface area (Å²) >= 11 is 0. The van der Waals surface area contributed by atoms with Crippen molar-refractivity contribution in [3.05, 3.63) is 0 Å². The molecule has 0 heterocycles. The van der Waals surface area contributed by atoms with Gasteiger partial charge >= 0.3 is 11.9 Å². The summed E-state index contributed by atoms with van der Waals surface area (Å²) in [6.07, 6.45) is 8.25. The fourth-order valence-corrected chi connectivity index (χ4v) is 3.21. The summed E-state index contributed by atoms with van der Waals surface area (Å²) in [5.74, 6) is -0.0741. The van der Waals surface area contributed by atoms with Crippen LogP contribution in [0.1, 0.15) is 85.0 Å². The van der Waals surface area contributed by atoms with Crippen molar-refractivity contribution in [1.29, 1.82) is 0 Å². The zero-order chi connectivity index (χ0) is 16.4. The van der Waals surface area contributed by atoms with Crippen LogP contribution in [0.3, 0.4) is 0 Å². The van der Waals surface area contributed by atoms with E-state index in [-0.39, 0.29) is 30.1 Å². The molecule has 4 heteroatoms. The molecule has 22 heavy (non-hydrogen) atoms. The third-order valence-corrected chi connectivity index (χ3v) is 4.28. The summed E-state index contributed by atoms with van der Waals surface area (Å²) in [6, 6.07) is 0. The summed E-state index contributed by atoms with van der Waals surface area (Å²) in [4.78, 5) is 23.7. The van der Waals surface area contributed by atoms with Gasteiger partial charge in [-0.25, -0.2) is 0 Å². The largest absolute Gasteiger partial charge is 0.462 e. The Kier molecular flexibility index (Phi) is 9.17. The second-order valence-corrected chi connectivity index (χ2v) is 6.29. The van der Waals surface area contributed by atoms with Crippen LogP contribution in [0.2, 0.25) is 0 Å². The van der Waals surface area contributed by atoms with Crippen LogP contribution in [0, 0.1) is 5.92 Å². The molecule has 4 nitrogen and oxygen atoms in total. The molecule has 0 radical (unpaired) electrons. The zero-order valence-corrected chi connectivity index (χ0v) is 14.4. The van der Waals surface area contributed by atoms with Crippen molar-refractivity contribution >= 4 is 11.9 Å². The number of hydrogen-bond acceptors (Lipinski definition) is 4. The average molecular weight is 312 g/mol. The van der Waals surface area contributed by atoms with Gasteiger partial charge < -0.3 is 9.47 Å². The molecule has 1 aliphatic rings. The molecule has 0 spiro atoms. The van der Waals surface area contributed by atoms with Gasteiger partial charge in [0.1, 0.15) is 12.2 Å². The summed E-state index contributed by atoms with van der Waals surface area (Å²) in [7, 11) is 0. The van der Waals surface area contributed by atoms with Gasteiger partial charge in [0, 0.05) is 18.8 Å². The van der Waals surface area contributed by atoms with E-state index in [1.54, 1.807) is 0 Å². The Morgan fingerprint density at radius 1 is 0.955 bits per heavy atom. The molecule has 1 rings (SSSR count). The molecule has 1 aliphatic carbocycles. The van der Waals surface area contributed by atoms with Crippen molar-refractivity contribution in [2.24, 2.45) is 5.92 Å². The predicted octanol–water partition coefficient (Wildman–Crippen LogP) is 4.40. The van der Waals surface area contributed by atoms with E-state index in [2.05, 4.69) is 6.92 Å². The topological polar surface area (TPSA) is 52.6 Å². The van der Waals surface area contributed by atoms with Gasteiger partial charge in [-0.05, 0) is 38.5 Å². The quantitative estimate of drug-likeness (QED) is 0.592. The first kappa shape index (κ1) is 19.0. The van der Waals surface area contributed by atoms with Gasteiger partial charge in [0.05, 0.1) is 0 Å². The molecule has 1 fully saturated rings. The molecule has 0 amide bonds. The van der Waals surface area contributed by atoms with Gasteiger partial charge in [0.25, 0.3) is 0 Å². The summed E-state index contributed by atoms with van der Waals surface area (Å²) in [6.45, 7) is 6.06. The standard InChI is InChI=1S/C18H32O4/c1-4-9-15(21-17(19)10-5-2)14-12-7-8-13-16(14)22-18(20)11-6-3/h14-16H,4-13H2,1-3H3. The van der Waals surface area contributed by atoms with E-state index in [1.165, 1.54) is 0 Å². The van der Waals surface area contributed by atoms with E-state index < -0.39 is 0 Å². The van der Waals surface area contributed by atoms with Gasteiger partial charge in [-0.15, -0.1) is 0 Å². The van der Waals surface area contributed by atoms with Gasteiger partial charge in [0.15, 0.2) is 0 Å². The van der Waals surface area contributed by atoms with Crippen molar-refractivity contribution in [3.63, 3.8) is 0 Å². The Labute approximate surface area is 134 Å². The summed E-state index contributed by atoms with van der Waals surface area (Å²) in [5.41, 5.74) is 0. The fraction of sp³-hybridized carbons (Fsp3) is 0.889. The number of rotatable bonds is 9. The van der Waals surface area contributed by atoms with E-state index in [1.807, 2.05) is 13.8 Å². The number of carbonyl (C=O) groups is 2. The summed E-state index contributed by atoms with van der Waals surface area (Å²) < 4.78 is 11.4. The maximum Gasteiger partial charge on any atom is 0.306 e. The maximum absolute atomic E-state index is 11.9. The first-order valence-electron chi connectivity index (χ1n) is 9.01. The fourth-order valence-electron chi connectivity index (χ4n) is 3.21. The van der Waals surface area contributed by atoms with Crippen LogP contribution in [0.15, 0.2) is 0 Å². The van der Waals surface area contributed by atoms with Crippen molar-refractivity contribution in [1.82, 2.24) is 0 Å². The number of hydrogen-bond donors (Lipinski definition) is 0. The Balaban J connectivity index is 2.69. The van der Waals surface area contributed by atoms with Gasteiger partial charge in [-0.3, -0.25) is 9.59 Å². The van der Waals surface area contributed by atoms with E-state index >= 15 is 0 Å². The highest BCUT2D eigenvalue weighted by atomic mass is 16.6. The van der Waals surface area contributed by atoms with E-state index in [9.17, 15) is 9.59 Å². The number of ether oxygens (including phenoxy) is 2. The minimum absolute atomic E-state index is 0.0845. The Hall–Kier alpha value is -1.06. The van der Waals surface area contributed by atoms with Crippen molar-refractivity contribution in [2.45, 2.75) is 97.2 Å². The molecular formula is C18H32O4. The van der Waals surface area contributed by atoms with Gasteiger partial charge in [0.2, 0.25) is 0 Å². The molecule has 0 aromatic rings. The molecule has 3 unspecified atom stereocenters. The summed E-state index contributed by atoms with van der Waals surface area (Å²) in [5, 5.41) is 0. The molecule has 0 N–H and O–H groups in total. The smallest absolute Gasteiger partial charge is 0.306 e. The highest BCUT2D eigenvalue weighted by Gasteiger charge is 2.35. The van der Waals surface area contributed by atoms with Crippen LogP contribution >= 0.6 is 0 Å². The van der Waals surface area contributed by atoms with Crippen molar-refractivity contribution in [2.75, 3.05) is 0 Å². The van der Waals surface area contributed by atoms with Crippen LogP contribution in [-0.4, -0.2) is 24.1 Å². The highest BCUT2D eigenvalue weighted by Crippen LogP contribution is 2.33. The lowest BCUT2D eigenvalue weighted by Crippen LogP contribution is -2.40. The van der Waals surface area contributed by atoms with Crippen LogP contribution < -0.4 is 0 Å². The van der Waals surface area contributed by atoms with E-state index in [0.717, 1.165) is 51.4 Å². The zero-order valence-electron chi connectivity index (χ0n) is 14.4. The molecule has 128 valence electrons. The second-order valence-electron chi connectivity index (χ2n) is 6.29. The first-order valence-corrected chi connectivity index (χ1v) is 9.01. The molecule has 3 atom stereocenters. The molecule has 1 saturated carbocycles. The Bertz CT molecular complexity index is 340. The third kappa shape index (κ3) is 6.37. The molecule has 0 aromatic heterocycles. The van der Waals surface area contributed by atoms with Crippen molar-refractivity contribution in [3.8, 4) is 0 Å². The Morgan fingerprint density at radius 3 is 2.23 bits per heavy atom. The number of esters is 2. The van der Waals surface area contributed by atoms with E-state index in [0.29, 0.717) is 12.8 Å². The highest BCUT2D eigenvalue weighted by molar-refractivity contribution is 5.70. The van der Waals surface area contributed by atoms with Crippen LogP contribution in [-0.2, 0) is 19.1 Å². The lowest BCUT2D eigenvalue weighted by Gasteiger charge is -2.36. The van der Waals surface area contributed by atoms with Gasteiger partial charge in [-0.1, -0.05) is 33.6 Å². The minimum atomic E-state index is -0.120. The normalized spacial score (nSPS) is 22.9. The predicted molar refractivity (Wildman–Crippen MR) is 86.4 cm³/mol. The monoisotopic (exact) mass is 312 g/mol. The molecule has 0 saturated heterocycles. The van der Waals surface area contributed by atoms with Crippen LogP contribution in [0.5, 0.6) is 0 Å². The van der Waals surface area contributed by atoms with Crippen molar-refractivity contribution < 1.29 is 19.1 Å². The number of carbonyl (C=O) groups excluding carboxylic acids is 2. The van der Waals surface area contributed by atoms with Gasteiger partial charge in [-0.2, -0.15) is 0 Å². The van der Waals surface area contributed by atoms with Crippen LogP contribution in [0.25, 0.3) is 0 Å².